The number of fused-ring (bicyclic) bond motifs is 1. The van der Waals surface area contributed by atoms with Crippen molar-refractivity contribution < 1.29 is 4.74 Å². The van der Waals surface area contributed by atoms with Crippen molar-refractivity contribution in [3.8, 4) is 0 Å². The van der Waals surface area contributed by atoms with E-state index in [-0.39, 0.29) is 24.0 Å². The molecule has 1 aliphatic rings. The molecule has 3 heterocycles. The lowest BCUT2D eigenvalue weighted by molar-refractivity contribution is 0.0377. The Morgan fingerprint density at radius 2 is 2.07 bits per heavy atom. The maximum Gasteiger partial charge on any atom is 0.191 e. The van der Waals surface area contributed by atoms with Gasteiger partial charge in [0.05, 0.1) is 13.2 Å². The first kappa shape index (κ1) is 21.8. The molecule has 9 heteroatoms. The Hall–Kier alpha value is -1.46. The van der Waals surface area contributed by atoms with Gasteiger partial charge in [-0.2, -0.15) is 0 Å². The fourth-order valence-electron chi connectivity index (χ4n) is 3.01. The maximum absolute atomic E-state index is 5.38. The van der Waals surface area contributed by atoms with Gasteiger partial charge < -0.3 is 15.4 Å². The predicted molar refractivity (Wildman–Crippen MR) is 118 cm³/mol. The molecule has 2 aromatic heterocycles. The Bertz CT molecular complexity index is 700. The molecule has 0 unspecified atom stereocenters. The van der Waals surface area contributed by atoms with E-state index in [1.54, 1.807) is 0 Å². The number of nitrogens with zero attached hydrogens (tertiary/aromatic N) is 5. The smallest absolute Gasteiger partial charge is 0.191 e. The van der Waals surface area contributed by atoms with Gasteiger partial charge in [0, 0.05) is 51.9 Å². The van der Waals surface area contributed by atoms with Crippen molar-refractivity contribution in [3.05, 3.63) is 30.2 Å². The molecule has 0 saturated carbocycles. The Balaban J connectivity index is 0.00000261. The molecule has 0 atom stereocenters. The lowest BCUT2D eigenvalue weighted by Crippen LogP contribution is -2.39. The normalized spacial score (nSPS) is 15.5. The molecule has 0 bridgehead atoms. The molecule has 2 N–H and O–H groups in total. The predicted octanol–water partition coefficient (Wildman–Crippen LogP) is 1.17. The number of hydrogen-bond acceptors (Lipinski definition) is 5. The van der Waals surface area contributed by atoms with Crippen LogP contribution in [0.2, 0.25) is 0 Å². The first-order valence-corrected chi connectivity index (χ1v) is 9.47. The van der Waals surface area contributed by atoms with Crippen LogP contribution >= 0.6 is 24.0 Å². The van der Waals surface area contributed by atoms with Crippen molar-refractivity contribution in [1.29, 1.82) is 0 Å². The van der Waals surface area contributed by atoms with Crippen LogP contribution in [-0.4, -0.2) is 77.9 Å². The van der Waals surface area contributed by atoms with Gasteiger partial charge in [-0.25, -0.2) is 0 Å². The number of hydrogen-bond donors (Lipinski definition) is 2. The van der Waals surface area contributed by atoms with E-state index in [4.69, 9.17) is 4.74 Å². The topological polar surface area (TPSA) is 79.1 Å². The number of nitrogens with one attached hydrogen (secondary N) is 2. The fraction of sp³-hybridized carbons (Fsp3) is 0.611. The van der Waals surface area contributed by atoms with E-state index in [1.165, 1.54) is 0 Å². The molecule has 0 spiro atoms. The second-order valence-corrected chi connectivity index (χ2v) is 6.29. The number of aliphatic imine (C=N–C) groups is 1. The van der Waals surface area contributed by atoms with E-state index in [0.717, 1.165) is 82.8 Å². The van der Waals surface area contributed by atoms with Crippen LogP contribution in [0.4, 0.5) is 0 Å². The number of morpholine rings is 1. The highest BCUT2D eigenvalue weighted by molar-refractivity contribution is 14.0. The molecule has 1 fully saturated rings. The van der Waals surface area contributed by atoms with Crippen molar-refractivity contribution in [3.63, 3.8) is 0 Å². The van der Waals surface area contributed by atoms with Gasteiger partial charge in [0.15, 0.2) is 11.6 Å². The molecule has 3 rings (SSSR count). The zero-order valence-electron chi connectivity index (χ0n) is 15.9. The van der Waals surface area contributed by atoms with Crippen LogP contribution in [0.15, 0.2) is 29.4 Å². The molecule has 2 aromatic rings. The molecule has 150 valence electrons. The summed E-state index contributed by atoms with van der Waals surface area (Å²) in [7, 11) is 0. The summed E-state index contributed by atoms with van der Waals surface area (Å²) in [6.45, 7) is 9.38. The summed E-state index contributed by atoms with van der Waals surface area (Å²) in [5.41, 5.74) is 0.881. The van der Waals surface area contributed by atoms with Gasteiger partial charge in [-0.1, -0.05) is 6.07 Å². The fourth-order valence-corrected chi connectivity index (χ4v) is 3.01. The molecule has 0 aromatic carbocycles. The van der Waals surface area contributed by atoms with Crippen LogP contribution in [0, 0.1) is 0 Å². The highest BCUT2D eigenvalue weighted by Gasteiger charge is 2.09. The number of rotatable bonds is 8. The minimum atomic E-state index is 0. The van der Waals surface area contributed by atoms with Crippen molar-refractivity contribution in [2.24, 2.45) is 4.99 Å². The monoisotopic (exact) mass is 487 g/mol. The van der Waals surface area contributed by atoms with Gasteiger partial charge >= 0.3 is 0 Å². The highest BCUT2D eigenvalue weighted by atomic mass is 127. The Morgan fingerprint density at radius 3 is 2.89 bits per heavy atom. The first-order valence-electron chi connectivity index (χ1n) is 9.47. The lowest BCUT2D eigenvalue weighted by Gasteiger charge is -2.26. The Labute approximate surface area is 177 Å². The van der Waals surface area contributed by atoms with Gasteiger partial charge in [-0.05, 0) is 25.5 Å². The molecule has 0 aliphatic carbocycles. The highest BCUT2D eigenvalue weighted by Crippen LogP contribution is 2.03. The molecular formula is C18H30IN7O. The van der Waals surface area contributed by atoms with Gasteiger partial charge in [0.25, 0.3) is 0 Å². The number of pyridine rings is 1. The van der Waals surface area contributed by atoms with Crippen LogP contribution in [0.3, 0.4) is 0 Å². The number of ether oxygens (including phenoxy) is 1. The van der Waals surface area contributed by atoms with Crippen LogP contribution in [0.25, 0.3) is 5.65 Å². The van der Waals surface area contributed by atoms with Crippen LogP contribution < -0.4 is 10.6 Å². The largest absolute Gasteiger partial charge is 0.379 e. The molecule has 1 saturated heterocycles. The summed E-state index contributed by atoms with van der Waals surface area (Å²) in [5.74, 6) is 1.82. The first-order chi connectivity index (χ1) is 12.9. The van der Waals surface area contributed by atoms with Crippen molar-refractivity contribution in [1.82, 2.24) is 30.1 Å². The summed E-state index contributed by atoms with van der Waals surface area (Å²) in [5, 5.41) is 15.1. The average Bonchev–Trinajstić information content (AvgIpc) is 3.09. The zero-order chi connectivity index (χ0) is 18.0. The van der Waals surface area contributed by atoms with Gasteiger partial charge in [0.1, 0.15) is 5.82 Å². The van der Waals surface area contributed by atoms with Crippen LogP contribution in [-0.2, 0) is 11.2 Å². The third-order valence-electron chi connectivity index (χ3n) is 4.38. The van der Waals surface area contributed by atoms with Crippen molar-refractivity contribution in [2.45, 2.75) is 19.8 Å². The number of guanidine groups is 1. The van der Waals surface area contributed by atoms with E-state index >= 15 is 0 Å². The molecule has 0 radical (unpaired) electrons. The van der Waals surface area contributed by atoms with E-state index in [9.17, 15) is 0 Å². The summed E-state index contributed by atoms with van der Waals surface area (Å²) in [6.07, 6.45) is 3.85. The minimum Gasteiger partial charge on any atom is -0.379 e. The third kappa shape index (κ3) is 6.89. The van der Waals surface area contributed by atoms with Crippen molar-refractivity contribution >= 4 is 35.6 Å². The third-order valence-corrected chi connectivity index (χ3v) is 4.38. The summed E-state index contributed by atoms with van der Waals surface area (Å²) in [4.78, 5) is 7.11. The minimum absolute atomic E-state index is 0. The quantitative estimate of drug-likeness (QED) is 0.252. The standard InChI is InChI=1S/C18H29N7O.HI/c1-2-19-18(20-8-5-10-24-12-14-26-15-13-24)21-9-7-17-23-22-16-6-3-4-11-25(16)17;/h3-4,6,11H,2,5,7-10,12-15H2,1H3,(H2,19,20,21);1H. The lowest BCUT2D eigenvalue weighted by atomic mass is 10.3. The van der Waals surface area contributed by atoms with E-state index < -0.39 is 0 Å². The van der Waals surface area contributed by atoms with E-state index in [0.29, 0.717) is 0 Å². The van der Waals surface area contributed by atoms with Gasteiger partial charge in [-0.15, -0.1) is 34.2 Å². The number of aromatic nitrogens is 3. The molecule has 8 nitrogen and oxygen atoms in total. The number of halogens is 1. The molecular weight excluding hydrogens is 457 g/mol. The van der Waals surface area contributed by atoms with Crippen LogP contribution in [0.1, 0.15) is 19.2 Å². The second kappa shape index (κ2) is 12.1. The van der Waals surface area contributed by atoms with Crippen LogP contribution in [0.5, 0.6) is 0 Å². The summed E-state index contributed by atoms with van der Waals surface area (Å²) in [6, 6.07) is 5.93. The van der Waals surface area contributed by atoms with Crippen molar-refractivity contribution in [2.75, 3.05) is 52.5 Å². The van der Waals surface area contributed by atoms with E-state index in [1.807, 2.05) is 28.8 Å². The van der Waals surface area contributed by atoms with Gasteiger partial charge in [0.2, 0.25) is 0 Å². The molecule has 1 aliphatic heterocycles. The average molecular weight is 487 g/mol. The maximum atomic E-state index is 5.38. The molecule has 27 heavy (non-hydrogen) atoms. The van der Waals surface area contributed by atoms with Gasteiger partial charge in [-0.3, -0.25) is 14.3 Å². The Morgan fingerprint density at radius 1 is 1.22 bits per heavy atom. The zero-order valence-corrected chi connectivity index (χ0v) is 18.3. The summed E-state index contributed by atoms with van der Waals surface area (Å²) >= 11 is 0. The summed E-state index contributed by atoms with van der Waals surface area (Å²) < 4.78 is 7.40. The van der Waals surface area contributed by atoms with E-state index in [2.05, 4.69) is 37.6 Å². The SMILES string of the molecule is CCNC(=NCCCN1CCOCC1)NCCc1nnc2ccccn12.I. The second-order valence-electron chi connectivity index (χ2n) is 6.29. The molecule has 0 amide bonds. The Kier molecular flexibility index (Phi) is 9.78.